The molecule has 0 bridgehead atoms. The molecule has 0 aliphatic heterocycles. The second-order valence-corrected chi connectivity index (χ2v) is 4.59. The maximum Gasteiger partial charge on any atom is 0.0994 e. The van der Waals surface area contributed by atoms with Crippen LogP contribution in [0.2, 0.25) is 0 Å². The van der Waals surface area contributed by atoms with E-state index in [9.17, 15) is 0 Å². The Morgan fingerprint density at radius 1 is 1.57 bits per heavy atom. The number of nitriles is 1. The smallest absolute Gasteiger partial charge is 0.0994 e. The van der Waals surface area contributed by atoms with Gasteiger partial charge >= 0.3 is 0 Å². The lowest BCUT2D eigenvalue weighted by Gasteiger charge is -2.04. The summed E-state index contributed by atoms with van der Waals surface area (Å²) < 4.78 is 1.29. The Labute approximate surface area is 95.1 Å². The fourth-order valence-corrected chi connectivity index (χ4v) is 3.16. The average molecular weight is 266 g/mol. The number of thiophene rings is 1. The van der Waals surface area contributed by atoms with E-state index in [1.807, 2.05) is 13.0 Å². The summed E-state index contributed by atoms with van der Waals surface area (Å²) in [5.41, 5.74) is 3.08. The second kappa shape index (κ2) is 3.72. The molecular weight excluding hydrogens is 258 g/mol. The van der Waals surface area contributed by atoms with Crippen LogP contribution in [0.15, 0.2) is 17.5 Å². The van der Waals surface area contributed by atoms with Crippen LogP contribution in [-0.4, -0.2) is 0 Å². The third-order valence-corrected chi connectivity index (χ3v) is 3.94. The Morgan fingerprint density at radius 2 is 2.36 bits per heavy atom. The molecule has 3 heteroatoms. The van der Waals surface area contributed by atoms with Crippen molar-refractivity contribution in [2.45, 2.75) is 12.3 Å². The lowest BCUT2D eigenvalue weighted by atomic mass is 10.0. The molecule has 1 aromatic heterocycles. The highest BCUT2D eigenvalue weighted by Crippen LogP contribution is 2.31. The van der Waals surface area contributed by atoms with Crippen LogP contribution >= 0.6 is 27.3 Å². The van der Waals surface area contributed by atoms with E-state index in [4.69, 9.17) is 5.26 Å². The Kier molecular flexibility index (Phi) is 2.58. The standard InChI is InChI=1S/C11H8BrNS/c1-7-9(6-13)4-8(5-12)11-10(7)2-3-14-11/h2-4H,5H2,1H3. The van der Waals surface area contributed by atoms with Crippen molar-refractivity contribution in [2.75, 3.05) is 0 Å². The molecule has 0 saturated carbocycles. The minimum atomic E-state index is 0.783. The number of alkyl halides is 1. The summed E-state index contributed by atoms with van der Waals surface area (Å²) >= 11 is 5.18. The van der Waals surface area contributed by atoms with Crippen LogP contribution in [0.5, 0.6) is 0 Å². The molecule has 0 atom stereocenters. The van der Waals surface area contributed by atoms with Crippen LogP contribution in [0.1, 0.15) is 16.7 Å². The quantitative estimate of drug-likeness (QED) is 0.716. The Morgan fingerprint density at radius 3 is 3.00 bits per heavy atom. The normalized spacial score (nSPS) is 10.4. The van der Waals surface area contributed by atoms with Crippen molar-refractivity contribution in [3.63, 3.8) is 0 Å². The number of nitrogens with zero attached hydrogens (tertiary/aromatic N) is 1. The number of hydrogen-bond donors (Lipinski definition) is 0. The highest BCUT2D eigenvalue weighted by Gasteiger charge is 2.08. The van der Waals surface area contributed by atoms with Gasteiger partial charge in [-0.15, -0.1) is 11.3 Å². The van der Waals surface area contributed by atoms with E-state index >= 15 is 0 Å². The van der Waals surface area contributed by atoms with Crippen molar-refractivity contribution in [3.8, 4) is 6.07 Å². The summed E-state index contributed by atoms with van der Waals surface area (Å²) in [6, 6.07) is 6.30. The maximum atomic E-state index is 8.97. The SMILES string of the molecule is Cc1c(C#N)cc(CBr)c2sccc12. The van der Waals surface area contributed by atoms with Crippen LogP contribution in [0, 0.1) is 18.3 Å². The lowest BCUT2D eigenvalue weighted by molar-refractivity contribution is 1.39. The van der Waals surface area contributed by atoms with Crippen molar-refractivity contribution in [2.24, 2.45) is 0 Å². The van der Waals surface area contributed by atoms with Gasteiger partial charge in [-0.2, -0.15) is 5.26 Å². The van der Waals surface area contributed by atoms with Gasteiger partial charge in [0.25, 0.3) is 0 Å². The van der Waals surface area contributed by atoms with Crippen LogP contribution in [0.3, 0.4) is 0 Å². The number of hydrogen-bond acceptors (Lipinski definition) is 2. The second-order valence-electron chi connectivity index (χ2n) is 3.12. The molecule has 0 N–H and O–H groups in total. The van der Waals surface area contributed by atoms with Crippen molar-refractivity contribution < 1.29 is 0 Å². The molecule has 0 spiro atoms. The first-order chi connectivity index (χ1) is 6.77. The Bertz CT molecular complexity index is 522. The molecule has 0 amide bonds. The highest BCUT2D eigenvalue weighted by molar-refractivity contribution is 9.08. The first-order valence-corrected chi connectivity index (χ1v) is 6.23. The van der Waals surface area contributed by atoms with Gasteiger partial charge in [0.15, 0.2) is 0 Å². The third kappa shape index (κ3) is 1.35. The molecular formula is C11H8BrNS. The van der Waals surface area contributed by atoms with Crippen LogP contribution in [0.4, 0.5) is 0 Å². The molecule has 0 fully saturated rings. The predicted octanol–water partition coefficient (Wildman–Crippen LogP) is 3.98. The van der Waals surface area contributed by atoms with Gasteiger partial charge in [0.1, 0.15) is 0 Å². The molecule has 1 aromatic carbocycles. The van der Waals surface area contributed by atoms with E-state index in [-0.39, 0.29) is 0 Å². The minimum Gasteiger partial charge on any atom is -0.192 e. The molecule has 0 aliphatic rings. The summed E-state index contributed by atoms with van der Waals surface area (Å²) in [5.74, 6) is 0. The first-order valence-electron chi connectivity index (χ1n) is 4.23. The van der Waals surface area contributed by atoms with Gasteiger partial charge in [-0.25, -0.2) is 0 Å². The minimum absolute atomic E-state index is 0.783. The number of halogens is 1. The summed E-state index contributed by atoms with van der Waals surface area (Å²) in [4.78, 5) is 0. The molecule has 0 aliphatic carbocycles. The fourth-order valence-electron chi connectivity index (χ4n) is 1.56. The Hall–Kier alpha value is -0.850. The van der Waals surface area contributed by atoms with Crippen LogP contribution in [0.25, 0.3) is 10.1 Å². The molecule has 0 saturated heterocycles. The van der Waals surface area contributed by atoms with E-state index < -0.39 is 0 Å². The average Bonchev–Trinajstić information content (AvgIpc) is 2.68. The summed E-state index contributed by atoms with van der Waals surface area (Å²) in [7, 11) is 0. The first kappa shape index (κ1) is 9.70. The highest BCUT2D eigenvalue weighted by atomic mass is 79.9. The van der Waals surface area contributed by atoms with Gasteiger partial charge in [0.05, 0.1) is 11.6 Å². The number of fused-ring (bicyclic) bond motifs is 1. The molecule has 14 heavy (non-hydrogen) atoms. The van der Waals surface area contributed by atoms with Crippen LogP contribution < -0.4 is 0 Å². The lowest BCUT2D eigenvalue weighted by Crippen LogP contribution is -1.87. The monoisotopic (exact) mass is 265 g/mol. The fraction of sp³-hybridized carbons (Fsp3) is 0.182. The third-order valence-electron chi connectivity index (χ3n) is 2.35. The molecule has 2 aromatic rings. The molecule has 1 nitrogen and oxygen atoms in total. The van der Waals surface area contributed by atoms with Gasteiger partial charge < -0.3 is 0 Å². The number of benzene rings is 1. The number of rotatable bonds is 1. The molecule has 0 unspecified atom stereocenters. The Balaban J connectivity index is 2.89. The van der Waals surface area contributed by atoms with E-state index in [1.165, 1.54) is 15.6 Å². The van der Waals surface area contributed by atoms with Crippen molar-refractivity contribution >= 4 is 37.4 Å². The summed E-state index contributed by atoms with van der Waals surface area (Å²) in [6.07, 6.45) is 0. The van der Waals surface area contributed by atoms with Gasteiger partial charge in [-0.3, -0.25) is 0 Å². The summed E-state index contributed by atoms with van der Waals surface area (Å²) in [5, 5.41) is 13.1. The van der Waals surface area contributed by atoms with Gasteiger partial charge in [0, 0.05) is 10.0 Å². The maximum absolute atomic E-state index is 8.97. The van der Waals surface area contributed by atoms with E-state index in [1.54, 1.807) is 11.3 Å². The zero-order valence-corrected chi connectivity index (χ0v) is 10.1. The topological polar surface area (TPSA) is 23.8 Å². The van der Waals surface area contributed by atoms with E-state index in [2.05, 4.69) is 33.4 Å². The molecule has 70 valence electrons. The van der Waals surface area contributed by atoms with Gasteiger partial charge in [0.2, 0.25) is 0 Å². The van der Waals surface area contributed by atoms with E-state index in [0.717, 1.165) is 16.5 Å². The molecule has 1 heterocycles. The molecule has 0 radical (unpaired) electrons. The zero-order chi connectivity index (χ0) is 10.1. The molecule has 2 rings (SSSR count). The number of aryl methyl sites for hydroxylation is 1. The summed E-state index contributed by atoms with van der Waals surface area (Å²) in [6.45, 7) is 2.01. The van der Waals surface area contributed by atoms with Gasteiger partial charge in [-0.05, 0) is 40.9 Å². The predicted molar refractivity (Wildman–Crippen MR) is 63.9 cm³/mol. The van der Waals surface area contributed by atoms with Crippen LogP contribution in [-0.2, 0) is 5.33 Å². The van der Waals surface area contributed by atoms with Gasteiger partial charge in [-0.1, -0.05) is 15.9 Å². The van der Waals surface area contributed by atoms with Crippen molar-refractivity contribution in [1.82, 2.24) is 0 Å². The zero-order valence-electron chi connectivity index (χ0n) is 7.67. The van der Waals surface area contributed by atoms with Crippen molar-refractivity contribution in [3.05, 3.63) is 34.2 Å². The van der Waals surface area contributed by atoms with E-state index in [0.29, 0.717) is 0 Å². The largest absolute Gasteiger partial charge is 0.192 e. The van der Waals surface area contributed by atoms with Crippen molar-refractivity contribution in [1.29, 1.82) is 5.26 Å².